The number of carbonyl (C=O) groups excluding carboxylic acids is 2. The SMILES string of the molecule is CC(=O)NCCCNC(=O)c1n[nH]c2c1CCCC2. The maximum absolute atomic E-state index is 12.0. The second-order valence-corrected chi connectivity index (χ2v) is 4.83. The van der Waals surface area contributed by atoms with Gasteiger partial charge in [0.05, 0.1) is 0 Å². The lowest BCUT2D eigenvalue weighted by Crippen LogP contribution is -2.29. The van der Waals surface area contributed by atoms with Crippen LogP contribution in [0.1, 0.15) is 47.9 Å². The van der Waals surface area contributed by atoms with Gasteiger partial charge in [-0.25, -0.2) is 0 Å². The van der Waals surface area contributed by atoms with E-state index in [2.05, 4.69) is 20.8 Å². The Hall–Kier alpha value is -1.85. The average molecular weight is 264 g/mol. The van der Waals surface area contributed by atoms with Gasteiger partial charge >= 0.3 is 0 Å². The molecule has 0 saturated carbocycles. The van der Waals surface area contributed by atoms with Gasteiger partial charge in [-0.3, -0.25) is 14.7 Å². The zero-order chi connectivity index (χ0) is 13.7. The van der Waals surface area contributed by atoms with Gasteiger partial charge in [0.2, 0.25) is 5.91 Å². The molecule has 0 atom stereocenters. The van der Waals surface area contributed by atoms with Crippen LogP contribution in [0.2, 0.25) is 0 Å². The summed E-state index contributed by atoms with van der Waals surface area (Å²) in [5, 5.41) is 12.6. The number of hydrogen-bond donors (Lipinski definition) is 3. The van der Waals surface area contributed by atoms with Crippen LogP contribution in [0.25, 0.3) is 0 Å². The Morgan fingerprint density at radius 3 is 2.74 bits per heavy atom. The first-order valence-electron chi connectivity index (χ1n) is 6.77. The quantitative estimate of drug-likeness (QED) is 0.678. The summed E-state index contributed by atoms with van der Waals surface area (Å²) in [6, 6.07) is 0. The van der Waals surface area contributed by atoms with Crippen LogP contribution in [0.5, 0.6) is 0 Å². The minimum atomic E-state index is -0.123. The lowest BCUT2D eigenvalue weighted by Gasteiger charge is -2.11. The number of amides is 2. The summed E-state index contributed by atoms with van der Waals surface area (Å²) in [6.07, 6.45) is 4.92. The largest absolute Gasteiger partial charge is 0.356 e. The number of fused-ring (bicyclic) bond motifs is 1. The van der Waals surface area contributed by atoms with E-state index in [1.807, 2.05) is 0 Å². The zero-order valence-corrected chi connectivity index (χ0v) is 11.2. The van der Waals surface area contributed by atoms with E-state index in [4.69, 9.17) is 0 Å². The summed E-state index contributed by atoms with van der Waals surface area (Å²) < 4.78 is 0. The molecule has 1 aliphatic carbocycles. The van der Waals surface area contributed by atoms with Gasteiger partial charge in [-0.05, 0) is 32.1 Å². The molecule has 0 saturated heterocycles. The number of H-pyrrole nitrogens is 1. The van der Waals surface area contributed by atoms with Crippen LogP contribution < -0.4 is 10.6 Å². The smallest absolute Gasteiger partial charge is 0.272 e. The number of rotatable bonds is 5. The van der Waals surface area contributed by atoms with E-state index in [0.29, 0.717) is 18.8 Å². The molecule has 0 aromatic carbocycles. The van der Waals surface area contributed by atoms with E-state index in [9.17, 15) is 9.59 Å². The second kappa shape index (κ2) is 6.36. The van der Waals surface area contributed by atoms with Crippen molar-refractivity contribution in [1.82, 2.24) is 20.8 Å². The van der Waals surface area contributed by atoms with Crippen molar-refractivity contribution in [3.63, 3.8) is 0 Å². The molecule has 0 radical (unpaired) electrons. The van der Waals surface area contributed by atoms with Gasteiger partial charge < -0.3 is 10.6 Å². The highest BCUT2D eigenvalue weighted by molar-refractivity contribution is 5.94. The van der Waals surface area contributed by atoms with Crippen molar-refractivity contribution >= 4 is 11.8 Å². The van der Waals surface area contributed by atoms with Crippen molar-refractivity contribution in [2.75, 3.05) is 13.1 Å². The lowest BCUT2D eigenvalue weighted by molar-refractivity contribution is -0.118. The van der Waals surface area contributed by atoms with Gasteiger partial charge in [0.15, 0.2) is 5.69 Å². The fourth-order valence-corrected chi connectivity index (χ4v) is 2.31. The molecule has 1 aromatic heterocycles. The number of aromatic amines is 1. The predicted molar refractivity (Wildman–Crippen MR) is 70.9 cm³/mol. The molecule has 6 heteroatoms. The molecule has 2 rings (SSSR count). The third-order valence-electron chi connectivity index (χ3n) is 3.28. The molecular formula is C13H20N4O2. The number of nitrogens with zero attached hydrogens (tertiary/aromatic N) is 1. The zero-order valence-electron chi connectivity index (χ0n) is 11.2. The first kappa shape index (κ1) is 13.6. The fraction of sp³-hybridized carbons (Fsp3) is 0.615. The van der Waals surface area contributed by atoms with Crippen LogP contribution in [0.15, 0.2) is 0 Å². The maximum atomic E-state index is 12.0. The Balaban J connectivity index is 1.80. The summed E-state index contributed by atoms with van der Waals surface area (Å²) in [6.45, 7) is 2.60. The summed E-state index contributed by atoms with van der Waals surface area (Å²) in [5.74, 6) is -0.171. The Labute approximate surface area is 112 Å². The summed E-state index contributed by atoms with van der Waals surface area (Å²) in [7, 11) is 0. The van der Waals surface area contributed by atoms with E-state index in [1.54, 1.807) is 0 Å². The molecule has 1 aliphatic rings. The van der Waals surface area contributed by atoms with E-state index in [1.165, 1.54) is 6.92 Å². The molecule has 0 bridgehead atoms. The van der Waals surface area contributed by atoms with Gasteiger partial charge in [0.25, 0.3) is 5.91 Å². The number of carbonyl (C=O) groups is 2. The van der Waals surface area contributed by atoms with E-state index in [-0.39, 0.29) is 11.8 Å². The normalized spacial score (nSPS) is 13.7. The summed E-state index contributed by atoms with van der Waals surface area (Å²) in [4.78, 5) is 22.7. The minimum absolute atomic E-state index is 0.0484. The molecule has 1 aromatic rings. The third kappa shape index (κ3) is 3.56. The van der Waals surface area contributed by atoms with Crippen LogP contribution in [0, 0.1) is 0 Å². The average Bonchev–Trinajstić information content (AvgIpc) is 2.81. The molecule has 0 spiro atoms. The van der Waals surface area contributed by atoms with Gasteiger partial charge in [0, 0.05) is 31.3 Å². The highest BCUT2D eigenvalue weighted by Gasteiger charge is 2.21. The van der Waals surface area contributed by atoms with Gasteiger partial charge in [-0.1, -0.05) is 0 Å². The summed E-state index contributed by atoms with van der Waals surface area (Å²) >= 11 is 0. The summed E-state index contributed by atoms with van der Waals surface area (Å²) in [5.41, 5.74) is 2.72. The fourth-order valence-electron chi connectivity index (χ4n) is 2.31. The molecule has 0 fully saturated rings. The van der Waals surface area contributed by atoms with E-state index in [0.717, 1.165) is 43.4 Å². The molecular weight excluding hydrogens is 244 g/mol. The standard InChI is InChI=1S/C13H20N4O2/c1-9(18)14-7-4-8-15-13(19)12-10-5-2-3-6-11(10)16-17-12/h2-8H2,1H3,(H,14,18)(H,15,19)(H,16,17). The van der Waals surface area contributed by atoms with Crippen molar-refractivity contribution in [1.29, 1.82) is 0 Å². The van der Waals surface area contributed by atoms with Crippen LogP contribution in [0.3, 0.4) is 0 Å². The van der Waals surface area contributed by atoms with Gasteiger partial charge in [-0.15, -0.1) is 0 Å². The van der Waals surface area contributed by atoms with Crippen molar-refractivity contribution in [3.05, 3.63) is 17.0 Å². The van der Waals surface area contributed by atoms with Crippen molar-refractivity contribution in [2.45, 2.75) is 39.0 Å². The van der Waals surface area contributed by atoms with Crippen molar-refractivity contribution < 1.29 is 9.59 Å². The molecule has 0 aliphatic heterocycles. The molecule has 0 unspecified atom stereocenters. The van der Waals surface area contributed by atoms with Crippen LogP contribution in [0.4, 0.5) is 0 Å². The topological polar surface area (TPSA) is 86.9 Å². The molecule has 2 amide bonds. The molecule has 1 heterocycles. The first-order valence-corrected chi connectivity index (χ1v) is 6.77. The van der Waals surface area contributed by atoms with Crippen LogP contribution in [-0.4, -0.2) is 35.1 Å². The number of aromatic nitrogens is 2. The molecule has 104 valence electrons. The maximum Gasteiger partial charge on any atom is 0.272 e. The van der Waals surface area contributed by atoms with Crippen LogP contribution >= 0.6 is 0 Å². The number of nitrogens with one attached hydrogen (secondary N) is 3. The molecule has 3 N–H and O–H groups in total. The Morgan fingerprint density at radius 2 is 1.95 bits per heavy atom. The van der Waals surface area contributed by atoms with Gasteiger partial charge in [-0.2, -0.15) is 5.10 Å². The minimum Gasteiger partial charge on any atom is -0.356 e. The predicted octanol–water partition coefficient (Wildman–Crippen LogP) is 0.544. The van der Waals surface area contributed by atoms with Crippen LogP contribution in [-0.2, 0) is 17.6 Å². The Bertz CT molecular complexity index is 467. The molecule has 19 heavy (non-hydrogen) atoms. The number of aryl methyl sites for hydroxylation is 1. The highest BCUT2D eigenvalue weighted by Crippen LogP contribution is 2.21. The molecule has 6 nitrogen and oxygen atoms in total. The van der Waals surface area contributed by atoms with E-state index < -0.39 is 0 Å². The van der Waals surface area contributed by atoms with Crippen molar-refractivity contribution in [3.8, 4) is 0 Å². The van der Waals surface area contributed by atoms with Gasteiger partial charge in [0.1, 0.15) is 0 Å². The third-order valence-corrected chi connectivity index (χ3v) is 3.28. The Morgan fingerprint density at radius 1 is 1.21 bits per heavy atom. The Kier molecular flexibility index (Phi) is 4.54. The lowest BCUT2D eigenvalue weighted by atomic mass is 9.96. The monoisotopic (exact) mass is 264 g/mol. The highest BCUT2D eigenvalue weighted by atomic mass is 16.2. The second-order valence-electron chi connectivity index (χ2n) is 4.83. The van der Waals surface area contributed by atoms with E-state index >= 15 is 0 Å². The number of hydrogen-bond acceptors (Lipinski definition) is 3. The first-order chi connectivity index (χ1) is 9.18. The van der Waals surface area contributed by atoms with Crippen molar-refractivity contribution in [2.24, 2.45) is 0 Å².